The number of nitrogens with one attached hydrogen (secondary N) is 2. The molecule has 12 nitrogen and oxygen atoms in total. The van der Waals surface area contributed by atoms with E-state index in [1.165, 1.54) is 17.5 Å². The highest BCUT2D eigenvalue weighted by atomic mass is 35.5. The van der Waals surface area contributed by atoms with Crippen LogP contribution in [0.2, 0.25) is 5.02 Å². The lowest BCUT2D eigenvalue weighted by atomic mass is 10.0. The Morgan fingerprint density at radius 2 is 1.84 bits per heavy atom. The first kappa shape index (κ1) is 31.5. The number of ether oxygens (including phenoxy) is 2. The summed E-state index contributed by atoms with van der Waals surface area (Å²) in [5.41, 5.74) is 3.81. The number of benzene rings is 2. The Bertz CT molecular complexity index is 1630. The highest BCUT2D eigenvalue weighted by Crippen LogP contribution is 2.38. The Morgan fingerprint density at radius 1 is 1.07 bits per heavy atom. The van der Waals surface area contributed by atoms with Crippen LogP contribution in [0.5, 0.6) is 11.5 Å². The summed E-state index contributed by atoms with van der Waals surface area (Å²) in [5.74, 6) is 1.85. The summed E-state index contributed by atoms with van der Waals surface area (Å²) in [4.78, 5) is 25.1. The fraction of sp³-hybridized carbons (Fsp3) is 0.433. The summed E-state index contributed by atoms with van der Waals surface area (Å²) in [6.07, 6.45) is 6.15. The van der Waals surface area contributed by atoms with Gasteiger partial charge >= 0.3 is 0 Å². The number of halogens is 1. The van der Waals surface area contributed by atoms with Crippen LogP contribution in [-0.4, -0.2) is 82.4 Å². The topological polar surface area (TPSA) is 129 Å². The fourth-order valence-electron chi connectivity index (χ4n) is 5.33. The van der Waals surface area contributed by atoms with Gasteiger partial charge in [-0.3, -0.25) is 9.10 Å². The van der Waals surface area contributed by atoms with Gasteiger partial charge in [0.05, 0.1) is 43.2 Å². The number of hydrogen-bond acceptors (Lipinski definition) is 10. The number of aryl methyl sites for hydroxylation is 1. The Labute approximate surface area is 263 Å². The standard InChI is InChI=1S/C30H38ClN7O5S/c1-20(39)37-11-13-38(14-12-37)26-18-28(42-3)25-16-21(26)8-6-5-7-15-43-22-9-10-24(27(17-22)36(2)44(4,40)41)33-29-23(31)19-32-30(34-25)35-29/h9-10,16-19H,5-8,11-15H2,1-4H3,(H2,32,33,34,35). The highest BCUT2D eigenvalue weighted by Gasteiger charge is 2.23. The molecule has 0 spiro atoms. The van der Waals surface area contributed by atoms with Gasteiger partial charge in [0, 0.05) is 58.0 Å². The zero-order valence-electron chi connectivity index (χ0n) is 25.4. The van der Waals surface area contributed by atoms with Gasteiger partial charge in [0.15, 0.2) is 5.82 Å². The largest absolute Gasteiger partial charge is 0.494 e. The molecule has 2 N–H and O–H groups in total. The summed E-state index contributed by atoms with van der Waals surface area (Å²) in [6.45, 7) is 4.92. The molecule has 0 atom stereocenters. The summed E-state index contributed by atoms with van der Waals surface area (Å²) < 4.78 is 38.0. The molecule has 44 heavy (non-hydrogen) atoms. The number of hydrogen-bond donors (Lipinski definition) is 2. The number of aromatic nitrogens is 2. The molecule has 2 aromatic carbocycles. The lowest BCUT2D eigenvalue weighted by molar-refractivity contribution is -0.129. The zero-order chi connectivity index (χ0) is 31.4. The summed E-state index contributed by atoms with van der Waals surface area (Å²) in [7, 11) is -0.467. The van der Waals surface area contributed by atoms with Gasteiger partial charge in [0.2, 0.25) is 21.9 Å². The van der Waals surface area contributed by atoms with Gasteiger partial charge in [-0.15, -0.1) is 0 Å². The maximum absolute atomic E-state index is 12.5. The minimum absolute atomic E-state index is 0.0927. The molecule has 0 saturated carbocycles. The molecule has 3 aromatic rings. The number of carbonyl (C=O) groups excluding carboxylic acids is 1. The Kier molecular flexibility index (Phi) is 9.54. The molecule has 236 valence electrons. The number of carbonyl (C=O) groups is 1. The third kappa shape index (κ3) is 7.21. The van der Waals surface area contributed by atoms with Crippen LogP contribution in [0.3, 0.4) is 0 Å². The molecule has 0 aliphatic carbocycles. The molecule has 0 unspecified atom stereocenters. The maximum Gasteiger partial charge on any atom is 0.232 e. The van der Waals surface area contributed by atoms with Crippen molar-refractivity contribution in [2.24, 2.45) is 0 Å². The quantitative estimate of drug-likeness (QED) is 0.409. The molecule has 6 rings (SSSR count). The van der Waals surface area contributed by atoms with Crippen LogP contribution in [0.15, 0.2) is 36.5 Å². The van der Waals surface area contributed by atoms with Crippen molar-refractivity contribution in [2.75, 3.05) is 73.0 Å². The van der Waals surface area contributed by atoms with E-state index in [9.17, 15) is 13.2 Å². The van der Waals surface area contributed by atoms with E-state index in [0.717, 1.165) is 56.3 Å². The van der Waals surface area contributed by atoms with E-state index in [4.69, 9.17) is 21.1 Å². The molecule has 1 saturated heterocycles. The van der Waals surface area contributed by atoms with Crippen molar-refractivity contribution < 1.29 is 22.7 Å². The first-order valence-corrected chi connectivity index (χ1v) is 16.7. The number of rotatable bonds is 4. The number of anilines is 6. The Balaban J connectivity index is 1.52. The average molecular weight is 644 g/mol. The van der Waals surface area contributed by atoms with Crippen LogP contribution < -0.4 is 29.3 Å². The zero-order valence-corrected chi connectivity index (χ0v) is 27.0. The predicted octanol–water partition coefficient (Wildman–Crippen LogP) is 4.80. The number of piperazine rings is 1. The smallest absolute Gasteiger partial charge is 0.232 e. The molecule has 1 aromatic heterocycles. The summed E-state index contributed by atoms with van der Waals surface area (Å²) in [5, 5.41) is 6.73. The van der Waals surface area contributed by atoms with E-state index in [2.05, 4.69) is 31.6 Å². The van der Waals surface area contributed by atoms with Gasteiger partial charge < -0.3 is 29.9 Å². The SMILES string of the molecule is COc1cc(N2CCN(C(C)=O)CC2)c2cc1Nc1ncc(Cl)c(n1)Nc1ccc(cc1N(C)S(C)(=O)=O)OCCCCC2. The number of nitrogens with zero attached hydrogens (tertiary/aromatic N) is 5. The normalized spacial score (nSPS) is 15.8. The average Bonchev–Trinajstić information content (AvgIpc) is 3.00. The first-order valence-electron chi connectivity index (χ1n) is 14.5. The van der Waals surface area contributed by atoms with Crippen molar-refractivity contribution in [3.63, 3.8) is 0 Å². The second-order valence-electron chi connectivity index (χ2n) is 10.9. The van der Waals surface area contributed by atoms with E-state index in [1.807, 2.05) is 11.0 Å². The van der Waals surface area contributed by atoms with Crippen LogP contribution in [0.25, 0.3) is 0 Å². The van der Waals surface area contributed by atoms with Gasteiger partial charge in [-0.2, -0.15) is 4.98 Å². The van der Waals surface area contributed by atoms with E-state index >= 15 is 0 Å². The highest BCUT2D eigenvalue weighted by molar-refractivity contribution is 7.92. The van der Waals surface area contributed by atoms with Crippen molar-refractivity contribution in [1.82, 2.24) is 14.9 Å². The minimum atomic E-state index is -3.57. The third-order valence-corrected chi connectivity index (χ3v) is 9.34. The monoisotopic (exact) mass is 643 g/mol. The minimum Gasteiger partial charge on any atom is -0.494 e. The lowest BCUT2D eigenvalue weighted by Crippen LogP contribution is -2.48. The van der Waals surface area contributed by atoms with Gasteiger partial charge in [0.1, 0.15) is 16.5 Å². The molecule has 1 fully saturated rings. The van der Waals surface area contributed by atoms with Crippen LogP contribution in [0.1, 0.15) is 31.7 Å². The van der Waals surface area contributed by atoms with Crippen LogP contribution in [0, 0.1) is 0 Å². The molecule has 3 aliphatic heterocycles. The third-order valence-electron chi connectivity index (χ3n) is 7.88. The molecule has 1 amide bonds. The Hall–Kier alpha value is -3.97. The number of methoxy groups -OCH3 is 1. The van der Waals surface area contributed by atoms with Gasteiger partial charge in [0.25, 0.3) is 0 Å². The van der Waals surface area contributed by atoms with Gasteiger partial charge in [-0.25, -0.2) is 13.4 Å². The van der Waals surface area contributed by atoms with E-state index in [-0.39, 0.29) is 16.9 Å². The second kappa shape index (κ2) is 13.3. The fourth-order valence-corrected chi connectivity index (χ4v) is 5.98. The molecule has 0 radical (unpaired) electrons. The van der Waals surface area contributed by atoms with Crippen LogP contribution >= 0.6 is 11.6 Å². The molecular weight excluding hydrogens is 606 g/mol. The summed E-state index contributed by atoms with van der Waals surface area (Å²) >= 11 is 6.49. The van der Waals surface area contributed by atoms with E-state index < -0.39 is 10.0 Å². The number of amides is 1. The lowest BCUT2D eigenvalue weighted by Gasteiger charge is -2.37. The number of sulfonamides is 1. The maximum atomic E-state index is 12.5. The number of fused-ring (bicyclic) bond motifs is 7. The van der Waals surface area contributed by atoms with Crippen molar-refractivity contribution in [1.29, 1.82) is 0 Å². The molecule has 14 heteroatoms. The van der Waals surface area contributed by atoms with Gasteiger partial charge in [-0.05, 0) is 49.4 Å². The van der Waals surface area contributed by atoms with Crippen molar-refractivity contribution in [2.45, 2.75) is 32.6 Å². The molecule has 3 aliphatic rings. The Morgan fingerprint density at radius 3 is 2.55 bits per heavy atom. The van der Waals surface area contributed by atoms with Crippen LogP contribution in [0.4, 0.5) is 34.5 Å². The second-order valence-corrected chi connectivity index (χ2v) is 13.3. The molecule has 4 heterocycles. The van der Waals surface area contributed by atoms with Gasteiger partial charge in [-0.1, -0.05) is 11.6 Å². The van der Waals surface area contributed by atoms with Crippen molar-refractivity contribution >= 4 is 62.0 Å². The molecular formula is C30H38ClN7O5S. The van der Waals surface area contributed by atoms with Crippen molar-refractivity contribution in [3.8, 4) is 11.5 Å². The predicted molar refractivity (Wildman–Crippen MR) is 174 cm³/mol. The van der Waals surface area contributed by atoms with E-state index in [0.29, 0.717) is 54.1 Å². The first-order chi connectivity index (χ1) is 21.0. The van der Waals surface area contributed by atoms with E-state index in [1.54, 1.807) is 32.2 Å². The summed E-state index contributed by atoms with van der Waals surface area (Å²) in [6, 6.07) is 9.33. The van der Waals surface area contributed by atoms with Crippen molar-refractivity contribution in [3.05, 3.63) is 47.1 Å². The van der Waals surface area contributed by atoms with Crippen LogP contribution in [-0.2, 0) is 21.2 Å². The molecule has 6 bridgehead atoms.